The molecule has 1 aromatic rings. The zero-order valence-electron chi connectivity index (χ0n) is 12.1. The van der Waals surface area contributed by atoms with Gasteiger partial charge in [-0.05, 0) is 45.4 Å². The van der Waals surface area contributed by atoms with Gasteiger partial charge in [-0.1, -0.05) is 11.8 Å². The van der Waals surface area contributed by atoms with E-state index in [2.05, 4.69) is 14.8 Å². The molecule has 0 bridgehead atoms. The molecule has 2 aliphatic rings. The summed E-state index contributed by atoms with van der Waals surface area (Å²) in [6.45, 7) is 2.12. The van der Waals surface area contributed by atoms with E-state index in [1.165, 1.54) is 31.5 Å². The quantitative estimate of drug-likeness (QED) is 0.567. The molecule has 0 aromatic carbocycles. The minimum Gasteiger partial charge on any atom is -0.389 e. The van der Waals surface area contributed by atoms with Gasteiger partial charge in [-0.2, -0.15) is 0 Å². The Bertz CT molecular complexity index is 466. The summed E-state index contributed by atoms with van der Waals surface area (Å²) >= 11 is 1.77. The molecule has 6 heteroatoms. The summed E-state index contributed by atoms with van der Waals surface area (Å²) in [7, 11) is 0. The van der Waals surface area contributed by atoms with Crippen LogP contribution in [0.15, 0.2) is 5.16 Å². The lowest BCUT2D eigenvalue weighted by molar-refractivity contribution is 0.0596. The molecule has 2 aliphatic carbocycles. The van der Waals surface area contributed by atoms with E-state index in [1.807, 2.05) is 0 Å². The van der Waals surface area contributed by atoms with Crippen molar-refractivity contribution in [3.63, 3.8) is 0 Å². The normalized spacial score (nSPS) is 21.9. The Hall–Kier alpha value is -0.590. The number of rotatable bonds is 8. The van der Waals surface area contributed by atoms with Crippen molar-refractivity contribution in [1.82, 2.24) is 14.8 Å². The Morgan fingerprint density at radius 2 is 2.10 bits per heavy atom. The third-order valence-corrected chi connectivity index (χ3v) is 5.11. The fraction of sp³-hybridized carbons (Fsp3) is 0.857. The third-order valence-electron chi connectivity index (χ3n) is 4.08. The molecule has 5 nitrogen and oxygen atoms in total. The van der Waals surface area contributed by atoms with Gasteiger partial charge in [0, 0.05) is 24.3 Å². The molecule has 0 aliphatic heterocycles. The number of aliphatic hydroxyl groups is 1. The van der Waals surface area contributed by atoms with Crippen LogP contribution in [-0.2, 0) is 0 Å². The number of aromatic nitrogens is 3. The van der Waals surface area contributed by atoms with Crippen molar-refractivity contribution in [2.75, 3.05) is 12.3 Å². The average Bonchev–Trinajstić information content (AvgIpc) is 3.33. The van der Waals surface area contributed by atoms with Gasteiger partial charge in [-0.3, -0.25) is 0 Å². The number of nitrogens with zero attached hydrogens (tertiary/aromatic N) is 3. The van der Waals surface area contributed by atoms with Gasteiger partial charge in [0.15, 0.2) is 5.16 Å². The van der Waals surface area contributed by atoms with E-state index in [-0.39, 0.29) is 0 Å². The Morgan fingerprint density at radius 1 is 1.35 bits per heavy atom. The summed E-state index contributed by atoms with van der Waals surface area (Å²) in [5.41, 5.74) is 4.80. The number of nitrogens with two attached hydrogens (primary N) is 1. The first-order valence-corrected chi connectivity index (χ1v) is 8.59. The summed E-state index contributed by atoms with van der Waals surface area (Å²) in [5, 5.41) is 19.7. The van der Waals surface area contributed by atoms with Crippen LogP contribution in [0.3, 0.4) is 0 Å². The van der Waals surface area contributed by atoms with Crippen LogP contribution < -0.4 is 5.73 Å². The largest absolute Gasteiger partial charge is 0.389 e. The maximum atomic E-state index is 9.89. The zero-order valence-corrected chi connectivity index (χ0v) is 12.9. The van der Waals surface area contributed by atoms with Crippen LogP contribution >= 0.6 is 11.8 Å². The van der Waals surface area contributed by atoms with Gasteiger partial charge < -0.3 is 15.4 Å². The van der Waals surface area contributed by atoms with Crippen LogP contribution in [0.1, 0.15) is 63.2 Å². The Morgan fingerprint density at radius 3 is 2.70 bits per heavy atom. The zero-order chi connectivity index (χ0) is 14.2. The van der Waals surface area contributed by atoms with E-state index in [0.29, 0.717) is 18.5 Å². The second-order valence-corrected chi connectivity index (χ2v) is 7.43. The highest BCUT2D eigenvalue weighted by molar-refractivity contribution is 7.99. The van der Waals surface area contributed by atoms with Crippen LogP contribution in [0.4, 0.5) is 0 Å². The van der Waals surface area contributed by atoms with Gasteiger partial charge in [0.1, 0.15) is 5.82 Å². The molecule has 1 aromatic heterocycles. The number of hydrogen-bond donors (Lipinski definition) is 2. The molecule has 3 rings (SSSR count). The van der Waals surface area contributed by atoms with E-state index in [9.17, 15) is 5.11 Å². The SMILES string of the molecule is CC(O)(CN)CCCSc1nnc(C2CC2)n1C1CC1. The first-order chi connectivity index (χ1) is 9.61. The minimum atomic E-state index is -0.732. The second kappa shape index (κ2) is 5.66. The van der Waals surface area contributed by atoms with Crippen molar-refractivity contribution in [2.45, 2.75) is 68.2 Å². The Kier molecular flexibility index (Phi) is 4.06. The fourth-order valence-electron chi connectivity index (χ4n) is 2.40. The molecule has 1 unspecified atom stereocenters. The molecular weight excluding hydrogens is 272 g/mol. The molecule has 112 valence electrons. The highest BCUT2D eigenvalue weighted by Crippen LogP contribution is 2.46. The predicted molar refractivity (Wildman–Crippen MR) is 79.9 cm³/mol. The topological polar surface area (TPSA) is 77.0 Å². The smallest absolute Gasteiger partial charge is 0.191 e. The lowest BCUT2D eigenvalue weighted by Crippen LogP contribution is -2.34. The van der Waals surface area contributed by atoms with E-state index in [4.69, 9.17) is 5.73 Å². The fourth-order valence-corrected chi connectivity index (χ4v) is 3.35. The first-order valence-electron chi connectivity index (χ1n) is 7.61. The highest BCUT2D eigenvalue weighted by Gasteiger charge is 2.36. The van der Waals surface area contributed by atoms with Crippen LogP contribution in [0.2, 0.25) is 0 Å². The minimum absolute atomic E-state index is 0.321. The van der Waals surface area contributed by atoms with Gasteiger partial charge >= 0.3 is 0 Å². The Balaban J connectivity index is 1.55. The lowest BCUT2D eigenvalue weighted by atomic mass is 10.0. The number of thioether (sulfide) groups is 1. The molecule has 20 heavy (non-hydrogen) atoms. The molecule has 2 saturated carbocycles. The van der Waals surface area contributed by atoms with E-state index < -0.39 is 5.60 Å². The van der Waals surface area contributed by atoms with E-state index >= 15 is 0 Å². The summed E-state index contributed by atoms with van der Waals surface area (Å²) in [6, 6.07) is 0.648. The van der Waals surface area contributed by atoms with Crippen LogP contribution in [-0.4, -0.2) is 37.8 Å². The first kappa shape index (κ1) is 14.4. The predicted octanol–water partition coefficient (Wildman–Crippen LogP) is 2.07. The molecule has 0 amide bonds. The molecule has 0 radical (unpaired) electrons. The molecule has 0 spiro atoms. The van der Waals surface area contributed by atoms with E-state index in [0.717, 1.165) is 23.8 Å². The van der Waals surface area contributed by atoms with Crippen molar-refractivity contribution in [3.05, 3.63) is 5.82 Å². The summed E-state index contributed by atoms with van der Waals surface area (Å²) in [6.07, 6.45) is 6.78. The van der Waals surface area contributed by atoms with Gasteiger partial charge in [0.05, 0.1) is 5.60 Å². The molecule has 0 saturated heterocycles. The standard InChI is InChI=1S/C14H24N4OS/c1-14(19,9-15)7-2-8-20-13-17-16-12(10-3-4-10)18(13)11-5-6-11/h10-11,19H,2-9,15H2,1H3. The second-order valence-electron chi connectivity index (χ2n) is 6.37. The summed E-state index contributed by atoms with van der Waals surface area (Å²) in [4.78, 5) is 0. The molecule has 3 N–H and O–H groups in total. The summed E-state index contributed by atoms with van der Waals surface area (Å²) < 4.78 is 2.38. The average molecular weight is 296 g/mol. The summed E-state index contributed by atoms with van der Waals surface area (Å²) in [5.74, 6) is 2.84. The van der Waals surface area contributed by atoms with Gasteiger partial charge in [0.25, 0.3) is 0 Å². The van der Waals surface area contributed by atoms with E-state index in [1.54, 1.807) is 18.7 Å². The molecular formula is C14H24N4OS. The molecule has 1 atom stereocenters. The van der Waals surface area contributed by atoms with Crippen LogP contribution in [0, 0.1) is 0 Å². The van der Waals surface area contributed by atoms with Gasteiger partial charge in [0.2, 0.25) is 0 Å². The lowest BCUT2D eigenvalue weighted by Gasteiger charge is -2.20. The van der Waals surface area contributed by atoms with Gasteiger partial charge in [-0.25, -0.2) is 0 Å². The molecule has 2 fully saturated rings. The van der Waals surface area contributed by atoms with Crippen molar-refractivity contribution >= 4 is 11.8 Å². The Labute approximate surface area is 124 Å². The molecule has 1 heterocycles. The number of hydrogen-bond acceptors (Lipinski definition) is 5. The van der Waals surface area contributed by atoms with Crippen molar-refractivity contribution in [3.8, 4) is 0 Å². The highest BCUT2D eigenvalue weighted by atomic mass is 32.2. The van der Waals surface area contributed by atoms with Gasteiger partial charge in [-0.15, -0.1) is 10.2 Å². The maximum absolute atomic E-state index is 9.89. The van der Waals surface area contributed by atoms with Crippen molar-refractivity contribution in [2.24, 2.45) is 5.73 Å². The van der Waals surface area contributed by atoms with Crippen LogP contribution in [0.5, 0.6) is 0 Å². The van der Waals surface area contributed by atoms with Crippen molar-refractivity contribution in [1.29, 1.82) is 0 Å². The van der Waals surface area contributed by atoms with Crippen molar-refractivity contribution < 1.29 is 5.11 Å². The monoisotopic (exact) mass is 296 g/mol. The van der Waals surface area contributed by atoms with Crippen LogP contribution in [0.25, 0.3) is 0 Å². The maximum Gasteiger partial charge on any atom is 0.191 e. The third kappa shape index (κ3) is 3.35.